The summed E-state index contributed by atoms with van der Waals surface area (Å²) in [7, 11) is 0. The van der Waals surface area contributed by atoms with Gasteiger partial charge in [-0.3, -0.25) is 0 Å². The van der Waals surface area contributed by atoms with E-state index in [1.165, 1.54) is 11.1 Å². The molecule has 0 radical (unpaired) electrons. The molecule has 0 aromatic heterocycles. The molecule has 1 heterocycles. The maximum atomic E-state index is 3.79. The average Bonchev–Trinajstić information content (AvgIpc) is 2.50. The zero-order valence-corrected chi connectivity index (χ0v) is 11.8. The minimum Gasteiger partial charge on any atom is -0.314 e. The second kappa shape index (κ2) is 6.69. The Morgan fingerprint density at radius 2 is 1.15 bits per heavy atom. The van der Waals surface area contributed by atoms with E-state index in [-0.39, 0.29) is 0 Å². The lowest BCUT2D eigenvalue weighted by atomic mass is 9.99. The van der Waals surface area contributed by atoms with E-state index < -0.39 is 0 Å². The summed E-state index contributed by atoms with van der Waals surface area (Å²) >= 11 is 0. The molecule has 2 aromatic rings. The first-order valence-electron chi connectivity index (χ1n) is 7.45. The molecule has 1 saturated heterocycles. The first-order valence-corrected chi connectivity index (χ1v) is 7.45. The van der Waals surface area contributed by atoms with Gasteiger partial charge in [0.2, 0.25) is 0 Å². The van der Waals surface area contributed by atoms with Crippen LogP contribution >= 0.6 is 0 Å². The SMILES string of the molecule is c1ccc(C[C@@H]2CNC[C@@H](Cc3ccccc3)N2)cc1. The zero-order valence-electron chi connectivity index (χ0n) is 11.8. The van der Waals surface area contributed by atoms with Crippen LogP contribution in [0, 0.1) is 0 Å². The molecule has 2 N–H and O–H groups in total. The fourth-order valence-corrected chi connectivity index (χ4v) is 2.94. The van der Waals surface area contributed by atoms with Crippen molar-refractivity contribution in [1.29, 1.82) is 0 Å². The van der Waals surface area contributed by atoms with Gasteiger partial charge in [-0.25, -0.2) is 0 Å². The van der Waals surface area contributed by atoms with Crippen LogP contribution in [-0.4, -0.2) is 25.2 Å². The average molecular weight is 266 g/mol. The molecule has 2 aromatic carbocycles. The fraction of sp³-hybridized carbons (Fsp3) is 0.333. The van der Waals surface area contributed by atoms with Crippen LogP contribution in [-0.2, 0) is 12.8 Å². The molecule has 2 atom stereocenters. The highest BCUT2D eigenvalue weighted by Crippen LogP contribution is 2.09. The van der Waals surface area contributed by atoms with Crippen molar-refractivity contribution in [2.75, 3.05) is 13.1 Å². The van der Waals surface area contributed by atoms with E-state index in [0.717, 1.165) is 25.9 Å². The van der Waals surface area contributed by atoms with Gasteiger partial charge in [-0.2, -0.15) is 0 Å². The molecule has 0 bridgehead atoms. The molecule has 0 saturated carbocycles. The number of hydrogen-bond donors (Lipinski definition) is 2. The van der Waals surface area contributed by atoms with E-state index in [1.807, 2.05) is 0 Å². The highest BCUT2D eigenvalue weighted by Gasteiger charge is 2.20. The van der Waals surface area contributed by atoms with Gasteiger partial charge in [-0.1, -0.05) is 60.7 Å². The quantitative estimate of drug-likeness (QED) is 0.888. The molecule has 3 rings (SSSR count). The molecular formula is C18H22N2. The lowest BCUT2D eigenvalue weighted by molar-refractivity contribution is 0.334. The Bertz CT molecular complexity index is 462. The van der Waals surface area contributed by atoms with Crippen LogP contribution in [0.5, 0.6) is 0 Å². The Balaban J connectivity index is 1.57. The maximum Gasteiger partial charge on any atom is 0.0236 e. The van der Waals surface area contributed by atoms with Gasteiger partial charge in [0, 0.05) is 25.2 Å². The van der Waals surface area contributed by atoms with Gasteiger partial charge in [0.05, 0.1) is 0 Å². The topological polar surface area (TPSA) is 24.1 Å². The monoisotopic (exact) mass is 266 g/mol. The van der Waals surface area contributed by atoms with Crippen LogP contribution in [0.4, 0.5) is 0 Å². The standard InChI is InChI=1S/C18H22N2/c1-3-7-15(8-4-1)11-17-13-19-14-18(20-17)12-16-9-5-2-6-10-16/h1-10,17-20H,11-14H2/t17-,18-/m1/s1. The maximum absolute atomic E-state index is 3.79. The third-order valence-electron chi connectivity index (χ3n) is 3.90. The Morgan fingerprint density at radius 1 is 0.700 bits per heavy atom. The summed E-state index contributed by atoms with van der Waals surface area (Å²) in [5.74, 6) is 0. The number of nitrogens with one attached hydrogen (secondary N) is 2. The predicted octanol–water partition coefficient (Wildman–Crippen LogP) is 2.40. The number of piperazine rings is 1. The van der Waals surface area contributed by atoms with Gasteiger partial charge in [-0.05, 0) is 24.0 Å². The first kappa shape index (κ1) is 13.3. The number of benzene rings is 2. The van der Waals surface area contributed by atoms with Crippen molar-refractivity contribution in [3.8, 4) is 0 Å². The normalized spacial score (nSPS) is 22.6. The molecule has 0 aliphatic carbocycles. The molecule has 2 heteroatoms. The summed E-state index contributed by atoms with van der Waals surface area (Å²) < 4.78 is 0. The molecule has 1 aliphatic rings. The highest BCUT2D eigenvalue weighted by atomic mass is 15.1. The van der Waals surface area contributed by atoms with E-state index in [1.54, 1.807) is 0 Å². The van der Waals surface area contributed by atoms with Crippen LogP contribution in [0.25, 0.3) is 0 Å². The summed E-state index contributed by atoms with van der Waals surface area (Å²) in [5.41, 5.74) is 2.82. The lowest BCUT2D eigenvalue weighted by Gasteiger charge is -2.32. The minimum absolute atomic E-state index is 0.528. The van der Waals surface area contributed by atoms with Crippen molar-refractivity contribution in [3.63, 3.8) is 0 Å². The van der Waals surface area contributed by atoms with Crippen LogP contribution in [0.3, 0.4) is 0 Å². The highest BCUT2D eigenvalue weighted by molar-refractivity contribution is 5.18. The third kappa shape index (κ3) is 3.69. The predicted molar refractivity (Wildman–Crippen MR) is 83.9 cm³/mol. The second-order valence-electron chi connectivity index (χ2n) is 5.60. The molecular weight excluding hydrogens is 244 g/mol. The molecule has 0 unspecified atom stereocenters. The molecule has 1 aliphatic heterocycles. The van der Waals surface area contributed by atoms with E-state index in [4.69, 9.17) is 0 Å². The Morgan fingerprint density at radius 3 is 1.60 bits per heavy atom. The van der Waals surface area contributed by atoms with Crippen molar-refractivity contribution in [2.24, 2.45) is 0 Å². The van der Waals surface area contributed by atoms with Crippen LogP contribution in [0.1, 0.15) is 11.1 Å². The van der Waals surface area contributed by atoms with Gasteiger partial charge in [0.15, 0.2) is 0 Å². The molecule has 2 nitrogen and oxygen atoms in total. The number of rotatable bonds is 4. The Kier molecular flexibility index (Phi) is 4.46. The van der Waals surface area contributed by atoms with Crippen LogP contribution < -0.4 is 10.6 Å². The lowest BCUT2D eigenvalue weighted by Crippen LogP contribution is -2.56. The zero-order chi connectivity index (χ0) is 13.6. The van der Waals surface area contributed by atoms with Crippen molar-refractivity contribution in [1.82, 2.24) is 10.6 Å². The molecule has 0 spiro atoms. The van der Waals surface area contributed by atoms with Gasteiger partial charge >= 0.3 is 0 Å². The summed E-state index contributed by atoms with van der Waals surface area (Å²) in [6.45, 7) is 2.11. The van der Waals surface area contributed by atoms with E-state index in [2.05, 4.69) is 71.3 Å². The van der Waals surface area contributed by atoms with Crippen LogP contribution in [0.15, 0.2) is 60.7 Å². The fourth-order valence-electron chi connectivity index (χ4n) is 2.94. The smallest absolute Gasteiger partial charge is 0.0236 e. The third-order valence-corrected chi connectivity index (χ3v) is 3.90. The first-order chi connectivity index (χ1) is 9.90. The van der Waals surface area contributed by atoms with E-state index in [0.29, 0.717) is 12.1 Å². The summed E-state index contributed by atoms with van der Waals surface area (Å²) in [5, 5.41) is 7.35. The van der Waals surface area contributed by atoms with Crippen molar-refractivity contribution in [2.45, 2.75) is 24.9 Å². The van der Waals surface area contributed by atoms with E-state index >= 15 is 0 Å². The van der Waals surface area contributed by atoms with Crippen molar-refractivity contribution in [3.05, 3.63) is 71.8 Å². The Hall–Kier alpha value is -1.64. The molecule has 20 heavy (non-hydrogen) atoms. The minimum atomic E-state index is 0.528. The van der Waals surface area contributed by atoms with E-state index in [9.17, 15) is 0 Å². The van der Waals surface area contributed by atoms with Gasteiger partial charge in [0.1, 0.15) is 0 Å². The summed E-state index contributed by atoms with van der Waals surface area (Å²) in [4.78, 5) is 0. The summed E-state index contributed by atoms with van der Waals surface area (Å²) in [6, 6.07) is 22.5. The van der Waals surface area contributed by atoms with Gasteiger partial charge < -0.3 is 10.6 Å². The summed E-state index contributed by atoms with van der Waals surface area (Å²) in [6.07, 6.45) is 2.19. The molecule has 0 amide bonds. The second-order valence-corrected chi connectivity index (χ2v) is 5.60. The molecule has 104 valence electrons. The Labute approximate surface area is 121 Å². The number of hydrogen-bond acceptors (Lipinski definition) is 2. The van der Waals surface area contributed by atoms with Crippen molar-refractivity contribution < 1.29 is 0 Å². The van der Waals surface area contributed by atoms with Crippen molar-refractivity contribution >= 4 is 0 Å². The largest absolute Gasteiger partial charge is 0.314 e. The van der Waals surface area contributed by atoms with Crippen LogP contribution in [0.2, 0.25) is 0 Å². The molecule has 1 fully saturated rings. The van der Waals surface area contributed by atoms with Gasteiger partial charge in [-0.15, -0.1) is 0 Å². The van der Waals surface area contributed by atoms with Gasteiger partial charge in [0.25, 0.3) is 0 Å².